The van der Waals surface area contributed by atoms with Crippen LogP contribution >= 0.6 is 0 Å². The minimum Gasteiger partial charge on any atom is -0.466 e. The van der Waals surface area contributed by atoms with E-state index in [9.17, 15) is 19.8 Å². The number of esters is 1. The molecule has 0 aliphatic carbocycles. The SMILES string of the molecule is CCCCCCCCC/C=C\CCCCCCCCCC(=O)OCCCCCCCCCCCC(=O)NC(CO)C(O)CCCCCCCCCCCCCCCCCCCCCCCCCC. The molecule has 0 bridgehead atoms. The Balaban J connectivity index is 3.45. The lowest BCUT2D eigenvalue weighted by Crippen LogP contribution is -2.45. The van der Waals surface area contributed by atoms with Gasteiger partial charge in [-0.3, -0.25) is 9.59 Å². The average Bonchev–Trinajstić information content (AvgIpc) is 3.34. The fourth-order valence-corrected chi connectivity index (χ4v) is 9.81. The van der Waals surface area contributed by atoms with Gasteiger partial charge in [-0.05, 0) is 51.4 Å². The number of aliphatic hydroxyl groups is 2. The minimum absolute atomic E-state index is 0.0262. The molecule has 0 aromatic carbocycles. The van der Waals surface area contributed by atoms with Gasteiger partial charge in [0.05, 0.1) is 25.4 Å². The quantitative estimate of drug-likeness (QED) is 0.0321. The number of carbonyl (C=O) groups excluding carboxylic acids is 2. The lowest BCUT2D eigenvalue weighted by Gasteiger charge is -2.22. The number of ether oxygens (including phenoxy) is 1. The zero-order valence-electron chi connectivity index (χ0n) is 46.1. The molecular formula is C62H121NO5. The second-order valence-corrected chi connectivity index (χ2v) is 21.4. The number of hydrogen-bond acceptors (Lipinski definition) is 5. The Morgan fingerprint density at radius 2 is 0.691 bits per heavy atom. The van der Waals surface area contributed by atoms with Gasteiger partial charge in [-0.2, -0.15) is 0 Å². The molecule has 404 valence electrons. The van der Waals surface area contributed by atoms with Gasteiger partial charge in [-0.1, -0.05) is 296 Å². The molecule has 0 aliphatic heterocycles. The summed E-state index contributed by atoms with van der Waals surface area (Å²) < 4.78 is 5.47. The van der Waals surface area contributed by atoms with Crippen LogP contribution in [0.4, 0.5) is 0 Å². The van der Waals surface area contributed by atoms with Crippen molar-refractivity contribution in [2.75, 3.05) is 13.2 Å². The van der Waals surface area contributed by atoms with E-state index in [-0.39, 0.29) is 18.5 Å². The van der Waals surface area contributed by atoms with Gasteiger partial charge in [-0.25, -0.2) is 0 Å². The average molecular weight is 961 g/mol. The molecule has 0 aliphatic rings. The van der Waals surface area contributed by atoms with Crippen molar-refractivity contribution in [3.8, 4) is 0 Å². The van der Waals surface area contributed by atoms with E-state index in [0.29, 0.717) is 25.9 Å². The van der Waals surface area contributed by atoms with Crippen molar-refractivity contribution in [3.05, 3.63) is 12.2 Å². The number of allylic oxidation sites excluding steroid dienone is 2. The molecule has 0 fully saturated rings. The molecule has 6 nitrogen and oxygen atoms in total. The molecule has 0 spiro atoms. The predicted molar refractivity (Wildman–Crippen MR) is 297 cm³/mol. The van der Waals surface area contributed by atoms with Crippen LogP contribution in [0.1, 0.15) is 348 Å². The Morgan fingerprint density at radius 1 is 0.397 bits per heavy atom. The Kier molecular flexibility index (Phi) is 57.0. The van der Waals surface area contributed by atoms with Gasteiger partial charge in [0, 0.05) is 12.8 Å². The largest absolute Gasteiger partial charge is 0.466 e. The van der Waals surface area contributed by atoms with Crippen LogP contribution in [0.2, 0.25) is 0 Å². The number of hydrogen-bond donors (Lipinski definition) is 3. The van der Waals surface area contributed by atoms with Crippen molar-refractivity contribution in [2.24, 2.45) is 0 Å². The van der Waals surface area contributed by atoms with E-state index in [0.717, 1.165) is 57.8 Å². The number of carbonyl (C=O) groups is 2. The van der Waals surface area contributed by atoms with Gasteiger partial charge in [-0.15, -0.1) is 0 Å². The van der Waals surface area contributed by atoms with E-state index in [2.05, 4.69) is 31.3 Å². The van der Waals surface area contributed by atoms with Crippen molar-refractivity contribution in [3.63, 3.8) is 0 Å². The predicted octanol–water partition coefficient (Wildman–Crippen LogP) is 19.2. The number of nitrogens with one attached hydrogen (secondary N) is 1. The maximum Gasteiger partial charge on any atom is 0.305 e. The molecule has 0 aromatic heterocycles. The van der Waals surface area contributed by atoms with Gasteiger partial charge in [0.2, 0.25) is 5.91 Å². The summed E-state index contributed by atoms with van der Waals surface area (Å²) in [7, 11) is 0. The van der Waals surface area contributed by atoms with Crippen molar-refractivity contribution < 1.29 is 24.5 Å². The Morgan fingerprint density at radius 3 is 1.04 bits per heavy atom. The van der Waals surface area contributed by atoms with Gasteiger partial charge >= 0.3 is 5.97 Å². The van der Waals surface area contributed by atoms with Crippen LogP contribution in [0, 0.1) is 0 Å². The molecule has 0 saturated carbocycles. The monoisotopic (exact) mass is 960 g/mol. The molecule has 0 aromatic rings. The molecule has 2 unspecified atom stereocenters. The summed E-state index contributed by atoms with van der Waals surface area (Å²) in [6.45, 7) is 4.92. The van der Waals surface area contributed by atoms with E-state index < -0.39 is 12.1 Å². The summed E-state index contributed by atoms with van der Waals surface area (Å²) in [5.41, 5.74) is 0. The Hall–Kier alpha value is -1.40. The molecule has 2 atom stereocenters. The van der Waals surface area contributed by atoms with Crippen molar-refractivity contribution in [2.45, 2.75) is 360 Å². The number of unbranched alkanes of at least 4 members (excludes halogenated alkanes) is 45. The fraction of sp³-hybridized carbons (Fsp3) is 0.935. The normalized spacial score (nSPS) is 12.6. The number of rotatable bonds is 58. The highest BCUT2D eigenvalue weighted by Crippen LogP contribution is 2.18. The first kappa shape index (κ1) is 66.6. The topological polar surface area (TPSA) is 95.9 Å². The zero-order chi connectivity index (χ0) is 49.3. The third-order valence-electron chi connectivity index (χ3n) is 14.6. The lowest BCUT2D eigenvalue weighted by molar-refractivity contribution is -0.143. The van der Waals surface area contributed by atoms with Crippen LogP contribution in [-0.2, 0) is 14.3 Å². The summed E-state index contributed by atoms with van der Waals surface area (Å²) in [5.74, 6) is -0.0846. The molecule has 0 saturated heterocycles. The van der Waals surface area contributed by atoms with Gasteiger partial charge in [0.15, 0.2) is 0 Å². The van der Waals surface area contributed by atoms with Crippen LogP contribution in [0.5, 0.6) is 0 Å². The van der Waals surface area contributed by atoms with Crippen LogP contribution in [0.15, 0.2) is 12.2 Å². The molecule has 0 rings (SSSR count). The first-order valence-corrected chi connectivity index (χ1v) is 30.9. The van der Waals surface area contributed by atoms with E-state index in [1.54, 1.807) is 0 Å². The van der Waals surface area contributed by atoms with Crippen LogP contribution in [0.3, 0.4) is 0 Å². The smallest absolute Gasteiger partial charge is 0.305 e. The van der Waals surface area contributed by atoms with Gasteiger partial charge in [0.25, 0.3) is 0 Å². The summed E-state index contributed by atoms with van der Waals surface area (Å²) >= 11 is 0. The maximum absolute atomic E-state index is 12.5. The number of amides is 1. The summed E-state index contributed by atoms with van der Waals surface area (Å²) in [6, 6.07) is -0.563. The van der Waals surface area contributed by atoms with Gasteiger partial charge < -0.3 is 20.3 Å². The Bertz CT molecular complexity index is 1020. The molecule has 6 heteroatoms. The van der Waals surface area contributed by atoms with E-state index in [4.69, 9.17) is 4.74 Å². The third kappa shape index (κ3) is 53.9. The van der Waals surface area contributed by atoms with Crippen LogP contribution in [-0.4, -0.2) is 47.4 Å². The highest BCUT2D eigenvalue weighted by atomic mass is 16.5. The van der Waals surface area contributed by atoms with E-state index in [1.165, 1.54) is 257 Å². The summed E-state index contributed by atoms with van der Waals surface area (Å²) in [6.07, 6.45) is 69.3. The van der Waals surface area contributed by atoms with Crippen molar-refractivity contribution in [1.29, 1.82) is 0 Å². The maximum atomic E-state index is 12.5. The molecule has 3 N–H and O–H groups in total. The van der Waals surface area contributed by atoms with Crippen molar-refractivity contribution in [1.82, 2.24) is 5.32 Å². The molecule has 0 radical (unpaired) electrons. The fourth-order valence-electron chi connectivity index (χ4n) is 9.81. The van der Waals surface area contributed by atoms with E-state index >= 15 is 0 Å². The second kappa shape index (κ2) is 58.2. The Labute approximate surface area is 425 Å². The molecule has 68 heavy (non-hydrogen) atoms. The van der Waals surface area contributed by atoms with Crippen molar-refractivity contribution >= 4 is 11.9 Å². The molecule has 1 amide bonds. The molecular weight excluding hydrogens is 839 g/mol. The van der Waals surface area contributed by atoms with Crippen LogP contribution < -0.4 is 5.32 Å². The summed E-state index contributed by atoms with van der Waals surface area (Å²) in [5, 5.41) is 23.4. The lowest BCUT2D eigenvalue weighted by atomic mass is 10.0. The highest BCUT2D eigenvalue weighted by Gasteiger charge is 2.20. The standard InChI is InChI=1S/C62H121NO5/c1-3-5-7-9-11-13-15-17-19-21-23-24-25-26-27-28-29-31-33-35-38-42-46-50-54-60(65)59(58-64)63-61(66)55-51-47-43-39-37-41-45-49-53-57-68-62(67)56-52-48-44-40-36-34-32-30-22-20-18-16-14-12-10-8-6-4-2/h20,22,59-60,64-65H,3-19,21,23-58H2,1-2H3,(H,63,66)/b22-20-. The van der Waals surface area contributed by atoms with Crippen LogP contribution in [0.25, 0.3) is 0 Å². The molecule has 0 heterocycles. The third-order valence-corrected chi connectivity index (χ3v) is 14.6. The minimum atomic E-state index is -0.683. The van der Waals surface area contributed by atoms with Gasteiger partial charge in [0.1, 0.15) is 0 Å². The summed E-state index contributed by atoms with van der Waals surface area (Å²) in [4.78, 5) is 24.6. The highest BCUT2D eigenvalue weighted by molar-refractivity contribution is 5.76. The zero-order valence-corrected chi connectivity index (χ0v) is 46.1. The number of aliphatic hydroxyl groups excluding tert-OH is 2. The second-order valence-electron chi connectivity index (χ2n) is 21.4. The first-order chi connectivity index (χ1) is 33.5. The first-order valence-electron chi connectivity index (χ1n) is 30.9. The van der Waals surface area contributed by atoms with E-state index in [1.807, 2.05) is 0 Å².